The molecule has 2 amide bonds. The van der Waals surface area contributed by atoms with E-state index in [4.69, 9.17) is 0 Å². The van der Waals surface area contributed by atoms with Crippen LogP contribution in [0, 0.1) is 0 Å². The standard InChI is InChI=1S/C18H23N3O2S/c1-3-21(4-2)15-9-7-14(8-10-15)20-17(22)11-12-19-18(23)16-6-5-13-24-16/h5-10,13H,3-4,11-12H2,1-2H3,(H,19,23)(H,20,22). The first-order valence-electron chi connectivity index (χ1n) is 8.10. The lowest BCUT2D eigenvalue weighted by molar-refractivity contribution is -0.116. The maximum absolute atomic E-state index is 11.9. The molecule has 6 heteroatoms. The molecule has 2 aromatic rings. The summed E-state index contributed by atoms with van der Waals surface area (Å²) < 4.78 is 0. The van der Waals surface area contributed by atoms with Gasteiger partial charge in [-0.25, -0.2) is 0 Å². The number of rotatable bonds is 8. The number of benzene rings is 1. The molecule has 0 aliphatic heterocycles. The minimum Gasteiger partial charge on any atom is -0.372 e. The molecule has 0 radical (unpaired) electrons. The highest BCUT2D eigenvalue weighted by atomic mass is 32.1. The first-order chi connectivity index (χ1) is 11.6. The summed E-state index contributed by atoms with van der Waals surface area (Å²) in [4.78, 5) is 26.6. The van der Waals surface area contributed by atoms with Gasteiger partial charge in [0, 0.05) is 37.4 Å². The van der Waals surface area contributed by atoms with E-state index in [-0.39, 0.29) is 18.2 Å². The van der Waals surface area contributed by atoms with Crippen molar-refractivity contribution in [1.82, 2.24) is 5.32 Å². The van der Waals surface area contributed by atoms with Crippen LogP contribution in [0.25, 0.3) is 0 Å². The molecule has 1 aromatic carbocycles. The molecular formula is C18H23N3O2S. The van der Waals surface area contributed by atoms with Crippen molar-refractivity contribution in [1.29, 1.82) is 0 Å². The summed E-state index contributed by atoms with van der Waals surface area (Å²) >= 11 is 1.38. The van der Waals surface area contributed by atoms with E-state index in [0.29, 0.717) is 11.4 Å². The summed E-state index contributed by atoms with van der Waals surface area (Å²) in [7, 11) is 0. The molecule has 5 nitrogen and oxygen atoms in total. The Morgan fingerprint density at radius 2 is 1.79 bits per heavy atom. The average molecular weight is 345 g/mol. The molecule has 0 saturated carbocycles. The van der Waals surface area contributed by atoms with Gasteiger partial charge in [0.15, 0.2) is 0 Å². The van der Waals surface area contributed by atoms with Crippen LogP contribution in [0.4, 0.5) is 11.4 Å². The Balaban J connectivity index is 1.77. The molecule has 0 unspecified atom stereocenters. The lowest BCUT2D eigenvalue weighted by Gasteiger charge is -2.21. The van der Waals surface area contributed by atoms with Gasteiger partial charge in [-0.1, -0.05) is 6.07 Å². The van der Waals surface area contributed by atoms with Crippen molar-refractivity contribution < 1.29 is 9.59 Å². The molecular weight excluding hydrogens is 322 g/mol. The summed E-state index contributed by atoms with van der Waals surface area (Å²) in [5, 5.41) is 7.44. The van der Waals surface area contributed by atoms with Crippen LogP contribution in [-0.4, -0.2) is 31.4 Å². The smallest absolute Gasteiger partial charge is 0.261 e. The highest BCUT2D eigenvalue weighted by molar-refractivity contribution is 7.12. The third kappa shape index (κ3) is 5.09. The van der Waals surface area contributed by atoms with E-state index in [0.717, 1.165) is 24.5 Å². The first kappa shape index (κ1) is 18.0. The SMILES string of the molecule is CCN(CC)c1ccc(NC(=O)CCNC(=O)c2cccs2)cc1. The fourth-order valence-corrected chi connectivity index (χ4v) is 2.99. The van der Waals surface area contributed by atoms with Gasteiger partial charge in [-0.05, 0) is 49.6 Å². The van der Waals surface area contributed by atoms with Crippen LogP contribution < -0.4 is 15.5 Å². The van der Waals surface area contributed by atoms with Gasteiger partial charge in [-0.15, -0.1) is 11.3 Å². The Kier molecular flexibility index (Phi) is 6.81. The van der Waals surface area contributed by atoms with Crippen LogP contribution in [0.1, 0.15) is 29.9 Å². The number of carbonyl (C=O) groups excluding carboxylic acids is 2. The van der Waals surface area contributed by atoms with Gasteiger partial charge >= 0.3 is 0 Å². The van der Waals surface area contributed by atoms with Crippen molar-refractivity contribution in [3.05, 3.63) is 46.7 Å². The minimum absolute atomic E-state index is 0.114. The highest BCUT2D eigenvalue weighted by Gasteiger charge is 2.08. The van der Waals surface area contributed by atoms with Crippen molar-refractivity contribution in [3.63, 3.8) is 0 Å². The normalized spacial score (nSPS) is 10.2. The second-order valence-electron chi connectivity index (χ2n) is 5.25. The molecule has 1 aromatic heterocycles. The van der Waals surface area contributed by atoms with Crippen molar-refractivity contribution in [2.75, 3.05) is 29.9 Å². The lowest BCUT2D eigenvalue weighted by Crippen LogP contribution is -2.27. The van der Waals surface area contributed by atoms with Gasteiger partial charge < -0.3 is 15.5 Å². The molecule has 128 valence electrons. The lowest BCUT2D eigenvalue weighted by atomic mass is 10.2. The maximum atomic E-state index is 11.9. The van der Waals surface area contributed by atoms with E-state index in [1.807, 2.05) is 35.7 Å². The summed E-state index contributed by atoms with van der Waals surface area (Å²) in [6.45, 7) is 6.45. The largest absolute Gasteiger partial charge is 0.372 e. The van der Waals surface area contributed by atoms with E-state index in [2.05, 4.69) is 29.4 Å². The van der Waals surface area contributed by atoms with Crippen LogP contribution >= 0.6 is 11.3 Å². The fourth-order valence-electron chi connectivity index (χ4n) is 2.35. The molecule has 0 atom stereocenters. The zero-order valence-corrected chi connectivity index (χ0v) is 14.9. The quantitative estimate of drug-likeness (QED) is 0.771. The fraction of sp³-hybridized carbons (Fsp3) is 0.333. The van der Waals surface area contributed by atoms with E-state index >= 15 is 0 Å². The van der Waals surface area contributed by atoms with Gasteiger partial charge in [0.1, 0.15) is 0 Å². The molecule has 2 N–H and O–H groups in total. The van der Waals surface area contributed by atoms with E-state index < -0.39 is 0 Å². The second kappa shape index (κ2) is 9.08. The molecule has 0 aliphatic rings. The third-order valence-corrected chi connectivity index (χ3v) is 4.53. The van der Waals surface area contributed by atoms with Crippen LogP contribution in [0.3, 0.4) is 0 Å². The Labute approximate surface area is 146 Å². The van der Waals surface area contributed by atoms with E-state index in [9.17, 15) is 9.59 Å². The van der Waals surface area contributed by atoms with E-state index in [1.165, 1.54) is 11.3 Å². The van der Waals surface area contributed by atoms with Crippen molar-refractivity contribution in [3.8, 4) is 0 Å². The molecule has 0 spiro atoms. The third-order valence-electron chi connectivity index (χ3n) is 3.66. The number of nitrogens with zero attached hydrogens (tertiary/aromatic N) is 1. The molecule has 0 bridgehead atoms. The van der Waals surface area contributed by atoms with Crippen molar-refractivity contribution in [2.45, 2.75) is 20.3 Å². The molecule has 1 heterocycles. The Hall–Kier alpha value is -2.34. The second-order valence-corrected chi connectivity index (χ2v) is 6.20. The number of thiophene rings is 1. The summed E-state index contributed by atoms with van der Waals surface area (Å²) in [6, 6.07) is 11.4. The van der Waals surface area contributed by atoms with Gasteiger partial charge in [-0.2, -0.15) is 0 Å². The number of amides is 2. The number of hydrogen-bond donors (Lipinski definition) is 2. The van der Waals surface area contributed by atoms with Crippen LogP contribution in [0.15, 0.2) is 41.8 Å². The van der Waals surface area contributed by atoms with Gasteiger partial charge in [0.05, 0.1) is 4.88 Å². The number of nitrogens with one attached hydrogen (secondary N) is 2. The summed E-state index contributed by atoms with van der Waals surface area (Å²) in [5.41, 5.74) is 1.90. The topological polar surface area (TPSA) is 61.4 Å². The van der Waals surface area contributed by atoms with Gasteiger partial charge in [0.25, 0.3) is 5.91 Å². The minimum atomic E-state index is -0.138. The van der Waals surface area contributed by atoms with Crippen molar-refractivity contribution >= 4 is 34.5 Å². The zero-order valence-electron chi connectivity index (χ0n) is 14.0. The predicted molar refractivity (Wildman–Crippen MR) is 99.9 cm³/mol. The van der Waals surface area contributed by atoms with Crippen molar-refractivity contribution in [2.24, 2.45) is 0 Å². The van der Waals surface area contributed by atoms with E-state index in [1.54, 1.807) is 6.07 Å². The number of carbonyl (C=O) groups is 2. The van der Waals surface area contributed by atoms with Crippen LogP contribution in [0.2, 0.25) is 0 Å². The maximum Gasteiger partial charge on any atom is 0.261 e. The van der Waals surface area contributed by atoms with Gasteiger partial charge in [-0.3, -0.25) is 9.59 Å². The zero-order chi connectivity index (χ0) is 17.4. The highest BCUT2D eigenvalue weighted by Crippen LogP contribution is 2.17. The molecule has 0 aliphatic carbocycles. The molecule has 24 heavy (non-hydrogen) atoms. The Bertz CT molecular complexity index is 649. The Morgan fingerprint density at radius 1 is 1.08 bits per heavy atom. The molecule has 0 saturated heterocycles. The summed E-state index contributed by atoms with van der Waals surface area (Å²) in [6.07, 6.45) is 0.245. The molecule has 2 rings (SSSR count). The number of anilines is 2. The Morgan fingerprint density at radius 3 is 2.38 bits per heavy atom. The van der Waals surface area contributed by atoms with Gasteiger partial charge in [0.2, 0.25) is 5.91 Å². The predicted octanol–water partition coefficient (Wildman–Crippen LogP) is 3.35. The monoisotopic (exact) mass is 345 g/mol. The average Bonchev–Trinajstić information content (AvgIpc) is 3.12. The molecule has 0 fully saturated rings. The van der Waals surface area contributed by atoms with Crippen LogP contribution in [-0.2, 0) is 4.79 Å². The van der Waals surface area contributed by atoms with Crippen LogP contribution in [0.5, 0.6) is 0 Å². The number of hydrogen-bond acceptors (Lipinski definition) is 4. The summed E-state index contributed by atoms with van der Waals surface area (Å²) in [5.74, 6) is -0.251. The first-order valence-corrected chi connectivity index (χ1v) is 8.98.